The number of nitrogens with one attached hydrogen (secondary N) is 1. The van der Waals surface area contributed by atoms with E-state index in [1.54, 1.807) is 6.92 Å². The van der Waals surface area contributed by atoms with Gasteiger partial charge in [0.15, 0.2) is 6.10 Å². The van der Waals surface area contributed by atoms with Gasteiger partial charge in [0, 0.05) is 24.7 Å². The Balaban J connectivity index is 1.53. The zero-order chi connectivity index (χ0) is 20.8. The Morgan fingerprint density at radius 3 is 2.55 bits per heavy atom. The van der Waals surface area contributed by atoms with Crippen molar-refractivity contribution in [2.24, 2.45) is 0 Å². The second kappa shape index (κ2) is 9.19. The third-order valence-corrected chi connectivity index (χ3v) is 4.76. The molecule has 0 aliphatic carbocycles. The molecular weight excluding hydrogens is 366 g/mol. The molecule has 1 atom stereocenters. The van der Waals surface area contributed by atoms with Crippen LogP contribution in [0.1, 0.15) is 18.1 Å². The van der Waals surface area contributed by atoms with Crippen molar-refractivity contribution in [2.75, 3.05) is 6.54 Å². The third-order valence-electron chi connectivity index (χ3n) is 4.76. The van der Waals surface area contributed by atoms with Gasteiger partial charge in [-0.25, -0.2) is 4.98 Å². The van der Waals surface area contributed by atoms with Crippen LogP contribution in [-0.2, 0) is 11.3 Å². The molecule has 0 aliphatic rings. The number of hydrogen-bond donors (Lipinski definition) is 1. The summed E-state index contributed by atoms with van der Waals surface area (Å²) in [6.45, 7) is 6.38. The van der Waals surface area contributed by atoms with Gasteiger partial charge in [-0.05, 0) is 44.0 Å². The molecule has 0 aliphatic heterocycles. The van der Waals surface area contributed by atoms with Gasteiger partial charge in [0.25, 0.3) is 11.5 Å². The number of hydrogen-bond acceptors (Lipinski definition) is 4. The number of carbonyl (C=O) groups excluding carboxylic acids is 1. The van der Waals surface area contributed by atoms with E-state index in [4.69, 9.17) is 4.74 Å². The largest absolute Gasteiger partial charge is 0.481 e. The van der Waals surface area contributed by atoms with Crippen molar-refractivity contribution >= 4 is 5.91 Å². The molecule has 29 heavy (non-hydrogen) atoms. The maximum atomic E-state index is 12.3. The standard InChI is InChI=1S/C23H25N3O3/c1-16-9-10-20(13-17(16)2)29-18(3)23(28)24-11-12-26-15-25-21(14-22(26)27)19-7-5-4-6-8-19/h4-10,13-15,18H,11-12H2,1-3H3,(H,24,28). The lowest BCUT2D eigenvalue weighted by molar-refractivity contribution is -0.127. The molecule has 150 valence electrons. The number of aromatic nitrogens is 2. The second-order valence-corrected chi connectivity index (χ2v) is 6.97. The van der Waals surface area contributed by atoms with Crippen LogP contribution in [0.3, 0.4) is 0 Å². The Morgan fingerprint density at radius 1 is 1.10 bits per heavy atom. The van der Waals surface area contributed by atoms with Gasteiger partial charge < -0.3 is 10.1 Å². The Morgan fingerprint density at radius 2 is 1.86 bits per heavy atom. The van der Waals surface area contributed by atoms with Crippen molar-refractivity contribution in [2.45, 2.75) is 33.4 Å². The summed E-state index contributed by atoms with van der Waals surface area (Å²) in [7, 11) is 0. The highest BCUT2D eigenvalue weighted by molar-refractivity contribution is 5.80. The Labute approximate surface area is 170 Å². The molecule has 0 bridgehead atoms. The first-order chi connectivity index (χ1) is 13.9. The van der Waals surface area contributed by atoms with E-state index >= 15 is 0 Å². The van der Waals surface area contributed by atoms with Crippen LogP contribution in [0.4, 0.5) is 0 Å². The highest BCUT2D eigenvalue weighted by atomic mass is 16.5. The highest BCUT2D eigenvalue weighted by Crippen LogP contribution is 2.17. The van der Waals surface area contributed by atoms with Crippen molar-refractivity contribution in [1.82, 2.24) is 14.9 Å². The van der Waals surface area contributed by atoms with E-state index in [2.05, 4.69) is 10.3 Å². The quantitative estimate of drug-likeness (QED) is 0.672. The van der Waals surface area contributed by atoms with E-state index < -0.39 is 6.10 Å². The first-order valence-electron chi connectivity index (χ1n) is 9.57. The molecule has 3 rings (SSSR count). The Hall–Kier alpha value is -3.41. The van der Waals surface area contributed by atoms with Crippen molar-refractivity contribution < 1.29 is 9.53 Å². The van der Waals surface area contributed by atoms with Gasteiger partial charge in [-0.15, -0.1) is 0 Å². The van der Waals surface area contributed by atoms with Crippen LogP contribution in [-0.4, -0.2) is 28.1 Å². The van der Waals surface area contributed by atoms with Gasteiger partial charge in [-0.3, -0.25) is 14.2 Å². The molecule has 0 saturated heterocycles. The van der Waals surface area contributed by atoms with Crippen molar-refractivity contribution in [3.05, 3.63) is 82.4 Å². The van der Waals surface area contributed by atoms with Crippen LogP contribution in [0.25, 0.3) is 11.3 Å². The molecule has 3 aromatic rings. The minimum absolute atomic E-state index is 0.160. The van der Waals surface area contributed by atoms with Crippen LogP contribution >= 0.6 is 0 Å². The lowest BCUT2D eigenvalue weighted by atomic mass is 10.1. The lowest BCUT2D eigenvalue weighted by Gasteiger charge is -2.16. The van der Waals surface area contributed by atoms with E-state index in [0.29, 0.717) is 24.5 Å². The summed E-state index contributed by atoms with van der Waals surface area (Å²) < 4.78 is 7.18. The molecule has 6 nitrogen and oxygen atoms in total. The van der Waals surface area contributed by atoms with E-state index in [9.17, 15) is 9.59 Å². The summed E-state index contributed by atoms with van der Waals surface area (Å²) in [5, 5.41) is 2.80. The summed E-state index contributed by atoms with van der Waals surface area (Å²) in [4.78, 5) is 28.9. The third kappa shape index (κ3) is 5.31. The molecule has 1 amide bonds. The molecule has 2 aromatic carbocycles. The van der Waals surface area contributed by atoms with Crippen molar-refractivity contribution in [1.29, 1.82) is 0 Å². The van der Waals surface area contributed by atoms with Gasteiger partial charge in [0.1, 0.15) is 5.75 Å². The van der Waals surface area contributed by atoms with Crippen molar-refractivity contribution in [3.8, 4) is 17.0 Å². The van der Waals surface area contributed by atoms with E-state index in [1.165, 1.54) is 22.5 Å². The summed E-state index contributed by atoms with van der Waals surface area (Å²) in [5.41, 5.74) is 3.65. The molecule has 0 fully saturated rings. The van der Waals surface area contributed by atoms with E-state index in [-0.39, 0.29) is 11.5 Å². The Kier molecular flexibility index (Phi) is 6.44. The molecule has 1 heterocycles. The summed E-state index contributed by atoms with van der Waals surface area (Å²) >= 11 is 0. The van der Waals surface area contributed by atoms with Gasteiger partial charge in [-0.1, -0.05) is 36.4 Å². The lowest BCUT2D eigenvalue weighted by Crippen LogP contribution is -2.38. The maximum Gasteiger partial charge on any atom is 0.260 e. The van der Waals surface area contributed by atoms with E-state index in [0.717, 1.165) is 11.1 Å². The average molecular weight is 391 g/mol. The van der Waals surface area contributed by atoms with Gasteiger partial charge in [-0.2, -0.15) is 0 Å². The van der Waals surface area contributed by atoms with Crippen LogP contribution < -0.4 is 15.6 Å². The molecule has 0 saturated carbocycles. The molecular formula is C23H25N3O3. The first kappa shape index (κ1) is 20.3. The second-order valence-electron chi connectivity index (χ2n) is 6.97. The van der Waals surface area contributed by atoms with E-state index in [1.807, 2.05) is 62.4 Å². The Bertz CT molecular complexity index is 1040. The number of carbonyl (C=O) groups is 1. The summed E-state index contributed by atoms with van der Waals surface area (Å²) in [5.74, 6) is 0.429. The fourth-order valence-corrected chi connectivity index (χ4v) is 2.85. The zero-order valence-corrected chi connectivity index (χ0v) is 16.9. The number of nitrogens with zero attached hydrogens (tertiary/aromatic N) is 2. The fourth-order valence-electron chi connectivity index (χ4n) is 2.85. The van der Waals surface area contributed by atoms with Gasteiger partial charge in [0.05, 0.1) is 12.0 Å². The maximum absolute atomic E-state index is 12.3. The molecule has 0 spiro atoms. The first-order valence-corrected chi connectivity index (χ1v) is 9.57. The normalized spacial score (nSPS) is 11.7. The number of amides is 1. The van der Waals surface area contributed by atoms with Gasteiger partial charge in [0.2, 0.25) is 0 Å². The minimum Gasteiger partial charge on any atom is -0.481 e. The summed E-state index contributed by atoms with van der Waals surface area (Å²) in [6, 6.07) is 16.8. The fraction of sp³-hybridized carbons (Fsp3) is 0.261. The van der Waals surface area contributed by atoms with Gasteiger partial charge >= 0.3 is 0 Å². The molecule has 6 heteroatoms. The molecule has 1 unspecified atom stereocenters. The zero-order valence-electron chi connectivity index (χ0n) is 16.9. The molecule has 0 radical (unpaired) electrons. The van der Waals surface area contributed by atoms with Crippen LogP contribution in [0, 0.1) is 13.8 Å². The molecule has 1 N–H and O–H groups in total. The number of rotatable bonds is 7. The average Bonchev–Trinajstić information content (AvgIpc) is 2.72. The highest BCUT2D eigenvalue weighted by Gasteiger charge is 2.14. The van der Waals surface area contributed by atoms with Crippen molar-refractivity contribution in [3.63, 3.8) is 0 Å². The number of ether oxygens (including phenoxy) is 1. The molecule has 1 aromatic heterocycles. The minimum atomic E-state index is -0.632. The predicted octanol–water partition coefficient (Wildman–Crippen LogP) is 3.11. The summed E-state index contributed by atoms with van der Waals surface area (Å²) in [6.07, 6.45) is 0.874. The smallest absolute Gasteiger partial charge is 0.260 e. The van der Waals surface area contributed by atoms with Crippen LogP contribution in [0.2, 0.25) is 0 Å². The number of benzene rings is 2. The van der Waals surface area contributed by atoms with Crippen LogP contribution in [0.15, 0.2) is 65.7 Å². The SMILES string of the molecule is Cc1ccc(OC(C)C(=O)NCCn2cnc(-c3ccccc3)cc2=O)cc1C. The monoisotopic (exact) mass is 391 g/mol. The van der Waals surface area contributed by atoms with Crippen LogP contribution in [0.5, 0.6) is 5.75 Å². The number of aryl methyl sites for hydroxylation is 2. The topological polar surface area (TPSA) is 73.2 Å². The predicted molar refractivity (Wildman–Crippen MR) is 113 cm³/mol.